The van der Waals surface area contributed by atoms with E-state index in [4.69, 9.17) is 16.3 Å². The fraction of sp³-hybridized carbons (Fsp3) is 0.333. The van der Waals surface area contributed by atoms with Crippen LogP contribution < -0.4 is 10.1 Å². The van der Waals surface area contributed by atoms with Crippen LogP contribution in [0.5, 0.6) is 5.75 Å². The molecule has 0 aliphatic carbocycles. The van der Waals surface area contributed by atoms with E-state index in [1.54, 1.807) is 0 Å². The molecule has 1 aliphatic rings. The van der Waals surface area contributed by atoms with Crippen molar-refractivity contribution in [1.82, 2.24) is 5.32 Å². The highest BCUT2D eigenvalue weighted by Crippen LogP contribution is 2.36. The molecule has 0 spiro atoms. The van der Waals surface area contributed by atoms with Crippen molar-refractivity contribution in [3.63, 3.8) is 0 Å². The zero-order valence-electron chi connectivity index (χ0n) is 9.32. The highest BCUT2D eigenvalue weighted by Gasteiger charge is 2.21. The summed E-state index contributed by atoms with van der Waals surface area (Å²) in [6, 6.07) is 1.41. The number of hydrogen-bond acceptors (Lipinski definition) is 2. The number of halogens is 3. The molecule has 0 amide bonds. The monoisotopic (exact) mass is 259 g/mol. The van der Waals surface area contributed by atoms with Gasteiger partial charge in [-0.05, 0) is 24.6 Å². The molecule has 0 saturated carbocycles. The van der Waals surface area contributed by atoms with Gasteiger partial charge in [-0.2, -0.15) is 4.39 Å². The Kier molecular flexibility index (Phi) is 3.64. The van der Waals surface area contributed by atoms with Gasteiger partial charge in [-0.25, -0.2) is 4.39 Å². The first-order chi connectivity index (χ1) is 8.15. The van der Waals surface area contributed by atoms with E-state index >= 15 is 0 Å². The summed E-state index contributed by atoms with van der Waals surface area (Å²) in [4.78, 5) is 0. The van der Waals surface area contributed by atoms with E-state index in [1.165, 1.54) is 13.2 Å². The van der Waals surface area contributed by atoms with Crippen molar-refractivity contribution in [3.8, 4) is 5.75 Å². The Bertz CT molecular complexity index is 474. The Morgan fingerprint density at radius 1 is 1.35 bits per heavy atom. The molecule has 1 aromatic rings. The molecule has 0 bridgehead atoms. The van der Waals surface area contributed by atoms with Crippen LogP contribution in [-0.2, 0) is 0 Å². The Labute approximate surface area is 103 Å². The Morgan fingerprint density at radius 2 is 2.12 bits per heavy atom. The van der Waals surface area contributed by atoms with Gasteiger partial charge >= 0.3 is 0 Å². The third kappa shape index (κ3) is 2.28. The van der Waals surface area contributed by atoms with Crippen LogP contribution >= 0.6 is 11.6 Å². The molecule has 0 unspecified atom stereocenters. The fourth-order valence-electron chi connectivity index (χ4n) is 1.88. The lowest BCUT2D eigenvalue weighted by atomic mass is 9.99. The highest BCUT2D eigenvalue weighted by atomic mass is 35.5. The third-order valence-corrected chi connectivity index (χ3v) is 3.01. The van der Waals surface area contributed by atoms with Gasteiger partial charge in [0.15, 0.2) is 11.6 Å². The molecular formula is C12H12ClF2NO. The van der Waals surface area contributed by atoms with Gasteiger partial charge in [0.05, 0.1) is 12.1 Å². The molecule has 5 heteroatoms. The number of rotatable bonds is 2. The van der Waals surface area contributed by atoms with Gasteiger partial charge in [-0.3, -0.25) is 0 Å². The van der Waals surface area contributed by atoms with Gasteiger partial charge < -0.3 is 10.1 Å². The second-order valence-electron chi connectivity index (χ2n) is 3.75. The summed E-state index contributed by atoms with van der Waals surface area (Å²) < 4.78 is 31.9. The number of benzene rings is 1. The van der Waals surface area contributed by atoms with Crippen LogP contribution in [0, 0.1) is 11.6 Å². The molecule has 0 radical (unpaired) electrons. The van der Waals surface area contributed by atoms with Crippen molar-refractivity contribution in [3.05, 3.63) is 34.4 Å². The molecule has 0 atom stereocenters. The minimum atomic E-state index is -1.07. The number of hydrogen-bond donors (Lipinski definition) is 1. The summed E-state index contributed by atoms with van der Waals surface area (Å²) in [6.45, 7) is 1.50. The van der Waals surface area contributed by atoms with Gasteiger partial charge in [0, 0.05) is 12.1 Å². The Morgan fingerprint density at radius 3 is 2.71 bits per heavy atom. The molecule has 2 nitrogen and oxygen atoms in total. The van der Waals surface area contributed by atoms with Crippen molar-refractivity contribution >= 4 is 17.2 Å². The number of ether oxygens (including phenoxy) is 1. The van der Waals surface area contributed by atoms with Crippen LogP contribution in [0.2, 0.25) is 5.02 Å². The molecule has 0 saturated heterocycles. The van der Waals surface area contributed by atoms with Crippen LogP contribution in [0.1, 0.15) is 12.0 Å². The zero-order valence-corrected chi connectivity index (χ0v) is 10.1. The number of nitrogens with one attached hydrogen (secondary N) is 1. The van der Waals surface area contributed by atoms with Gasteiger partial charge in [0.1, 0.15) is 0 Å². The highest BCUT2D eigenvalue weighted by molar-refractivity contribution is 6.31. The minimum Gasteiger partial charge on any atom is -0.493 e. The van der Waals surface area contributed by atoms with Crippen molar-refractivity contribution in [2.75, 3.05) is 20.2 Å². The third-order valence-electron chi connectivity index (χ3n) is 2.73. The molecule has 0 aromatic heterocycles. The van der Waals surface area contributed by atoms with Crippen molar-refractivity contribution in [2.45, 2.75) is 6.42 Å². The lowest BCUT2D eigenvalue weighted by Crippen LogP contribution is -2.20. The van der Waals surface area contributed by atoms with Gasteiger partial charge in [0.2, 0.25) is 5.82 Å². The Hall–Kier alpha value is -1.13. The smallest absolute Gasteiger partial charge is 0.202 e. The van der Waals surface area contributed by atoms with E-state index in [2.05, 4.69) is 5.32 Å². The average molecular weight is 260 g/mol. The van der Waals surface area contributed by atoms with E-state index in [0.29, 0.717) is 12.1 Å². The molecule has 17 heavy (non-hydrogen) atoms. The summed E-state index contributed by atoms with van der Waals surface area (Å²) in [5, 5.41) is 2.92. The second kappa shape index (κ2) is 5.02. The maximum absolute atomic E-state index is 13.7. The van der Waals surface area contributed by atoms with Crippen molar-refractivity contribution in [2.24, 2.45) is 0 Å². The van der Waals surface area contributed by atoms with Gasteiger partial charge in [-0.15, -0.1) is 0 Å². The van der Waals surface area contributed by atoms with Crippen LogP contribution in [-0.4, -0.2) is 20.2 Å². The van der Waals surface area contributed by atoms with E-state index in [-0.39, 0.29) is 10.8 Å². The van der Waals surface area contributed by atoms with Gasteiger partial charge in [-0.1, -0.05) is 17.7 Å². The van der Waals surface area contributed by atoms with Crippen LogP contribution in [0.15, 0.2) is 12.1 Å². The lowest BCUT2D eigenvalue weighted by Gasteiger charge is -2.17. The second-order valence-corrected chi connectivity index (χ2v) is 4.16. The minimum absolute atomic E-state index is 0.0833. The first kappa shape index (κ1) is 12.3. The van der Waals surface area contributed by atoms with Crippen molar-refractivity contribution < 1.29 is 13.5 Å². The predicted octanol–water partition coefficient (Wildman–Crippen LogP) is 3.00. The van der Waals surface area contributed by atoms with E-state index in [0.717, 1.165) is 18.5 Å². The summed E-state index contributed by atoms with van der Waals surface area (Å²) in [6.07, 6.45) is 2.66. The summed E-state index contributed by atoms with van der Waals surface area (Å²) in [5.74, 6) is -2.18. The molecule has 1 N–H and O–H groups in total. The van der Waals surface area contributed by atoms with Crippen LogP contribution in [0.3, 0.4) is 0 Å². The average Bonchev–Trinajstić information content (AvgIpc) is 2.36. The summed E-state index contributed by atoms with van der Waals surface area (Å²) >= 11 is 5.65. The number of methoxy groups -OCH3 is 1. The first-order valence-electron chi connectivity index (χ1n) is 5.26. The first-order valence-corrected chi connectivity index (χ1v) is 5.64. The standard InChI is InChI=1S/C12H12ClF2NO/c1-17-12-8(7-2-4-16-5-3-7)6-9(13)10(14)11(12)15/h2,6,16H,3-5H2,1H3. The lowest BCUT2D eigenvalue weighted by molar-refractivity contribution is 0.370. The molecule has 0 fully saturated rings. The molecular weight excluding hydrogens is 248 g/mol. The largest absolute Gasteiger partial charge is 0.493 e. The molecule has 1 heterocycles. The normalized spacial score (nSPS) is 15.6. The molecule has 92 valence electrons. The predicted molar refractivity (Wildman–Crippen MR) is 63.4 cm³/mol. The van der Waals surface area contributed by atoms with E-state index < -0.39 is 11.6 Å². The summed E-state index contributed by atoms with van der Waals surface area (Å²) in [7, 11) is 1.32. The molecule has 1 aromatic carbocycles. The molecule has 1 aliphatic heterocycles. The Balaban J connectivity index is 2.56. The molecule has 2 rings (SSSR count). The van der Waals surface area contributed by atoms with E-state index in [1.807, 2.05) is 6.08 Å². The zero-order chi connectivity index (χ0) is 12.4. The maximum Gasteiger partial charge on any atom is 0.202 e. The fourth-order valence-corrected chi connectivity index (χ4v) is 2.08. The van der Waals surface area contributed by atoms with E-state index in [9.17, 15) is 8.78 Å². The topological polar surface area (TPSA) is 21.3 Å². The van der Waals surface area contributed by atoms with Crippen molar-refractivity contribution in [1.29, 1.82) is 0 Å². The SMILES string of the molecule is COc1c(C2=CCNCC2)cc(Cl)c(F)c1F. The van der Waals surface area contributed by atoms with Crippen LogP contribution in [0.25, 0.3) is 5.57 Å². The maximum atomic E-state index is 13.7. The van der Waals surface area contributed by atoms with Crippen LogP contribution in [0.4, 0.5) is 8.78 Å². The summed E-state index contributed by atoms with van der Waals surface area (Å²) in [5.41, 5.74) is 1.44. The van der Waals surface area contributed by atoms with Gasteiger partial charge in [0.25, 0.3) is 0 Å². The quantitative estimate of drug-likeness (QED) is 0.825.